The Balaban J connectivity index is 1.86. The average Bonchev–Trinajstić information content (AvgIpc) is 2.63. The van der Waals surface area contributed by atoms with Gasteiger partial charge in [0.1, 0.15) is 5.56 Å². The fourth-order valence-corrected chi connectivity index (χ4v) is 2.34. The number of aromatic amines is 1. The van der Waals surface area contributed by atoms with Crippen molar-refractivity contribution in [2.75, 3.05) is 0 Å². The summed E-state index contributed by atoms with van der Waals surface area (Å²) in [6.07, 6.45) is 3.25. The quantitative estimate of drug-likeness (QED) is 0.772. The molecule has 0 aliphatic carbocycles. The first-order valence-electron chi connectivity index (χ1n) is 7.51. The molecule has 1 aromatic carbocycles. The minimum atomic E-state index is -0.523. The largest absolute Gasteiger partial charge is 0.345 e. The zero-order chi connectivity index (χ0) is 16.9. The predicted octanol–water partition coefficient (Wildman–Crippen LogP) is 2.32. The molecule has 3 aromatic rings. The molecule has 0 bridgehead atoms. The van der Waals surface area contributed by atoms with Crippen molar-refractivity contribution in [3.63, 3.8) is 0 Å². The Bertz CT molecular complexity index is 892. The highest BCUT2D eigenvalue weighted by atomic mass is 16.2. The molecule has 2 heterocycles. The molecule has 0 radical (unpaired) electrons. The molecule has 2 N–H and O–H groups in total. The van der Waals surface area contributed by atoms with Crippen LogP contribution in [0.3, 0.4) is 0 Å². The molecule has 1 amide bonds. The van der Waals surface area contributed by atoms with Crippen molar-refractivity contribution in [3.8, 4) is 11.3 Å². The van der Waals surface area contributed by atoms with Crippen LogP contribution in [-0.2, 0) is 0 Å². The molecule has 6 heteroatoms. The monoisotopic (exact) mass is 320 g/mol. The second kappa shape index (κ2) is 6.87. The number of aromatic nitrogens is 3. The van der Waals surface area contributed by atoms with Gasteiger partial charge in [-0.3, -0.25) is 14.6 Å². The van der Waals surface area contributed by atoms with Gasteiger partial charge in [0.2, 0.25) is 0 Å². The molecule has 2 aromatic heterocycles. The number of benzene rings is 1. The van der Waals surface area contributed by atoms with Gasteiger partial charge in [-0.25, -0.2) is 5.10 Å². The van der Waals surface area contributed by atoms with Gasteiger partial charge in [-0.15, -0.1) is 0 Å². The Hall–Kier alpha value is -3.28. The third kappa shape index (κ3) is 3.38. The van der Waals surface area contributed by atoms with E-state index in [9.17, 15) is 9.59 Å². The molecule has 0 fully saturated rings. The second-order valence-electron chi connectivity index (χ2n) is 5.34. The maximum absolute atomic E-state index is 12.5. The molecule has 120 valence electrons. The molecule has 24 heavy (non-hydrogen) atoms. The Labute approximate surface area is 138 Å². The first-order chi connectivity index (χ1) is 11.6. The lowest BCUT2D eigenvalue weighted by molar-refractivity contribution is 0.0938. The van der Waals surface area contributed by atoms with Crippen LogP contribution in [0.5, 0.6) is 0 Å². The van der Waals surface area contributed by atoms with E-state index in [0.717, 1.165) is 11.1 Å². The number of rotatable bonds is 4. The number of carbonyl (C=O) groups is 1. The lowest BCUT2D eigenvalue weighted by Crippen LogP contribution is -2.32. The average molecular weight is 320 g/mol. The maximum Gasteiger partial charge on any atom is 0.277 e. The molecule has 0 aliphatic heterocycles. The third-order valence-electron chi connectivity index (χ3n) is 3.67. The smallest absolute Gasteiger partial charge is 0.277 e. The fraction of sp³-hybridized carbons (Fsp3) is 0.111. The van der Waals surface area contributed by atoms with E-state index < -0.39 is 11.5 Å². The van der Waals surface area contributed by atoms with Crippen molar-refractivity contribution >= 4 is 5.91 Å². The van der Waals surface area contributed by atoms with Gasteiger partial charge in [-0.05, 0) is 30.7 Å². The van der Waals surface area contributed by atoms with Crippen molar-refractivity contribution in [1.29, 1.82) is 0 Å². The lowest BCUT2D eigenvalue weighted by Gasteiger charge is -2.14. The van der Waals surface area contributed by atoms with E-state index in [1.165, 1.54) is 6.07 Å². The van der Waals surface area contributed by atoms with Gasteiger partial charge >= 0.3 is 0 Å². The molecular weight excluding hydrogens is 304 g/mol. The Morgan fingerprint density at radius 2 is 1.83 bits per heavy atom. The highest BCUT2D eigenvalue weighted by Gasteiger charge is 2.16. The highest BCUT2D eigenvalue weighted by Crippen LogP contribution is 2.15. The molecule has 0 spiro atoms. The highest BCUT2D eigenvalue weighted by molar-refractivity contribution is 5.94. The predicted molar refractivity (Wildman–Crippen MR) is 90.4 cm³/mol. The lowest BCUT2D eigenvalue weighted by atomic mass is 10.1. The summed E-state index contributed by atoms with van der Waals surface area (Å²) in [5.41, 5.74) is 1.75. The molecule has 3 rings (SSSR count). The summed E-state index contributed by atoms with van der Waals surface area (Å²) < 4.78 is 0. The topological polar surface area (TPSA) is 87.7 Å². The van der Waals surface area contributed by atoms with Crippen LogP contribution < -0.4 is 10.9 Å². The molecular formula is C18H16N4O2. The first-order valence-corrected chi connectivity index (χ1v) is 7.51. The van der Waals surface area contributed by atoms with E-state index in [-0.39, 0.29) is 11.6 Å². The van der Waals surface area contributed by atoms with E-state index >= 15 is 0 Å². The van der Waals surface area contributed by atoms with Crippen LogP contribution in [0.4, 0.5) is 0 Å². The van der Waals surface area contributed by atoms with Gasteiger partial charge in [0, 0.05) is 18.0 Å². The van der Waals surface area contributed by atoms with Crippen LogP contribution >= 0.6 is 0 Å². The first kappa shape index (κ1) is 15.6. The second-order valence-corrected chi connectivity index (χ2v) is 5.34. The standard InChI is InChI=1S/C18H16N4O2/c1-12(13-5-3-2-4-6-13)20-17(23)15-11-16(21-22-18(15)24)14-7-9-19-10-8-14/h2-12H,1H3,(H,20,23)(H,22,24)/t12-/m1/s1. The SMILES string of the molecule is C[C@@H](NC(=O)c1cc(-c2ccncc2)n[nH]c1=O)c1ccccc1. The van der Waals surface area contributed by atoms with E-state index in [1.807, 2.05) is 37.3 Å². The summed E-state index contributed by atoms with van der Waals surface area (Å²) in [5.74, 6) is -0.440. The number of carbonyl (C=O) groups excluding carboxylic acids is 1. The number of hydrogen-bond acceptors (Lipinski definition) is 4. The third-order valence-corrected chi connectivity index (χ3v) is 3.67. The van der Waals surface area contributed by atoms with Gasteiger partial charge in [0.25, 0.3) is 11.5 Å². The minimum absolute atomic E-state index is 0.0274. The van der Waals surface area contributed by atoms with E-state index in [1.54, 1.807) is 24.5 Å². The van der Waals surface area contributed by atoms with Crippen molar-refractivity contribution in [3.05, 3.63) is 82.4 Å². The number of amides is 1. The fourth-order valence-electron chi connectivity index (χ4n) is 2.34. The van der Waals surface area contributed by atoms with Crippen LogP contribution in [-0.4, -0.2) is 21.1 Å². The van der Waals surface area contributed by atoms with Crippen LogP contribution in [0.25, 0.3) is 11.3 Å². The zero-order valence-electron chi connectivity index (χ0n) is 13.1. The van der Waals surface area contributed by atoms with Gasteiger partial charge < -0.3 is 5.32 Å². The molecule has 6 nitrogen and oxygen atoms in total. The van der Waals surface area contributed by atoms with E-state index in [2.05, 4.69) is 20.5 Å². The summed E-state index contributed by atoms with van der Waals surface area (Å²) >= 11 is 0. The molecule has 0 saturated heterocycles. The van der Waals surface area contributed by atoms with Crippen LogP contribution in [0, 0.1) is 0 Å². The summed E-state index contributed by atoms with van der Waals surface area (Å²) in [4.78, 5) is 28.4. The Morgan fingerprint density at radius 1 is 1.12 bits per heavy atom. The van der Waals surface area contributed by atoms with Gasteiger partial charge in [0.15, 0.2) is 0 Å². The summed E-state index contributed by atoms with van der Waals surface area (Å²) in [5, 5.41) is 9.19. The zero-order valence-corrected chi connectivity index (χ0v) is 13.1. The molecule has 1 atom stereocenters. The number of H-pyrrole nitrogens is 1. The van der Waals surface area contributed by atoms with Crippen molar-refractivity contribution < 1.29 is 4.79 Å². The van der Waals surface area contributed by atoms with Crippen molar-refractivity contribution in [2.24, 2.45) is 0 Å². The molecule has 0 saturated carbocycles. The van der Waals surface area contributed by atoms with Crippen LogP contribution in [0.2, 0.25) is 0 Å². The van der Waals surface area contributed by atoms with E-state index in [4.69, 9.17) is 0 Å². The van der Waals surface area contributed by atoms with Gasteiger partial charge in [-0.2, -0.15) is 5.10 Å². The molecule has 0 aliphatic rings. The maximum atomic E-state index is 12.5. The number of pyridine rings is 1. The van der Waals surface area contributed by atoms with Gasteiger partial charge in [0.05, 0.1) is 11.7 Å². The number of nitrogens with zero attached hydrogens (tertiary/aromatic N) is 2. The number of nitrogens with one attached hydrogen (secondary N) is 2. The van der Waals surface area contributed by atoms with Gasteiger partial charge in [-0.1, -0.05) is 30.3 Å². The molecule has 0 unspecified atom stereocenters. The van der Waals surface area contributed by atoms with Crippen LogP contribution in [0.1, 0.15) is 28.9 Å². The summed E-state index contributed by atoms with van der Waals surface area (Å²) in [6, 6.07) is 14.3. The van der Waals surface area contributed by atoms with Crippen molar-refractivity contribution in [2.45, 2.75) is 13.0 Å². The summed E-state index contributed by atoms with van der Waals surface area (Å²) in [7, 11) is 0. The Morgan fingerprint density at radius 3 is 2.54 bits per heavy atom. The minimum Gasteiger partial charge on any atom is -0.345 e. The van der Waals surface area contributed by atoms with Crippen LogP contribution in [0.15, 0.2) is 65.7 Å². The number of hydrogen-bond donors (Lipinski definition) is 2. The normalized spacial score (nSPS) is 11.7. The van der Waals surface area contributed by atoms with E-state index in [0.29, 0.717) is 5.69 Å². The van der Waals surface area contributed by atoms with Crippen molar-refractivity contribution in [1.82, 2.24) is 20.5 Å². The Kier molecular flexibility index (Phi) is 4.47. The summed E-state index contributed by atoms with van der Waals surface area (Å²) in [6.45, 7) is 1.87.